The number of halogens is 1. The molecular weight excluding hydrogens is 236 g/mol. The Bertz CT molecular complexity index is 364. The minimum Gasteiger partial charge on any atom is -0.387 e. The van der Waals surface area contributed by atoms with Crippen LogP contribution < -0.4 is 10.6 Å². The van der Waals surface area contributed by atoms with Crippen LogP contribution in [0.4, 0.5) is 0 Å². The number of aliphatic hydroxyl groups is 1. The van der Waals surface area contributed by atoms with Gasteiger partial charge in [0.25, 0.3) is 0 Å². The molecule has 94 valence electrons. The molecule has 1 saturated heterocycles. The van der Waals surface area contributed by atoms with E-state index < -0.39 is 5.60 Å². The highest BCUT2D eigenvalue weighted by atomic mass is 35.5. The Hall–Kier alpha value is -0.610. The van der Waals surface area contributed by atoms with Crippen LogP contribution >= 0.6 is 11.6 Å². The molecule has 1 aliphatic heterocycles. The van der Waals surface area contributed by atoms with Gasteiger partial charge in [0.1, 0.15) is 0 Å². The van der Waals surface area contributed by atoms with Gasteiger partial charge in [0.15, 0.2) is 0 Å². The van der Waals surface area contributed by atoms with E-state index >= 15 is 0 Å². The lowest BCUT2D eigenvalue weighted by molar-refractivity contribution is 0.0615. The van der Waals surface area contributed by atoms with Crippen LogP contribution in [0.5, 0.6) is 0 Å². The highest BCUT2D eigenvalue weighted by Crippen LogP contribution is 2.15. The Kier molecular flexibility index (Phi) is 4.40. The summed E-state index contributed by atoms with van der Waals surface area (Å²) in [5.74, 6) is 0. The van der Waals surface area contributed by atoms with E-state index in [1.165, 1.54) is 0 Å². The molecule has 0 saturated carbocycles. The fraction of sp³-hybridized carbons (Fsp3) is 0.538. The first-order valence-corrected chi connectivity index (χ1v) is 6.45. The topological polar surface area (TPSA) is 44.3 Å². The van der Waals surface area contributed by atoms with Crippen LogP contribution in [0.3, 0.4) is 0 Å². The Labute approximate surface area is 107 Å². The van der Waals surface area contributed by atoms with Gasteiger partial charge in [-0.3, -0.25) is 0 Å². The molecule has 4 heteroatoms. The van der Waals surface area contributed by atoms with Gasteiger partial charge < -0.3 is 15.7 Å². The third-order valence-electron chi connectivity index (χ3n) is 3.20. The van der Waals surface area contributed by atoms with Gasteiger partial charge in [-0.15, -0.1) is 0 Å². The molecule has 0 bridgehead atoms. The van der Waals surface area contributed by atoms with Crippen LogP contribution in [0.1, 0.15) is 12.0 Å². The van der Waals surface area contributed by atoms with E-state index in [4.69, 9.17) is 11.6 Å². The number of β-amino-alcohol motifs (C(OH)–C–C–N with tert-alkyl or cyclic N) is 1. The van der Waals surface area contributed by atoms with Gasteiger partial charge >= 0.3 is 0 Å². The highest BCUT2D eigenvalue weighted by Gasteiger charge is 2.30. The summed E-state index contributed by atoms with van der Waals surface area (Å²) >= 11 is 6.07. The molecule has 1 fully saturated rings. The number of benzene rings is 1. The molecule has 0 radical (unpaired) electrons. The van der Waals surface area contributed by atoms with Gasteiger partial charge in [0.2, 0.25) is 0 Å². The minimum absolute atomic E-state index is 0.569. The van der Waals surface area contributed by atoms with Gasteiger partial charge in [-0.05, 0) is 37.6 Å². The van der Waals surface area contributed by atoms with E-state index in [0.29, 0.717) is 13.1 Å². The van der Waals surface area contributed by atoms with Gasteiger partial charge in [-0.25, -0.2) is 0 Å². The summed E-state index contributed by atoms with van der Waals surface area (Å²) < 4.78 is 0. The molecule has 0 spiro atoms. The first kappa shape index (κ1) is 12.8. The highest BCUT2D eigenvalue weighted by molar-refractivity contribution is 6.31. The molecular formula is C13H19ClN2O. The molecule has 1 unspecified atom stereocenters. The maximum absolute atomic E-state index is 10.1. The Morgan fingerprint density at radius 3 is 2.94 bits per heavy atom. The quantitative estimate of drug-likeness (QED) is 0.692. The molecule has 1 aromatic rings. The van der Waals surface area contributed by atoms with E-state index in [-0.39, 0.29) is 0 Å². The van der Waals surface area contributed by atoms with E-state index in [9.17, 15) is 5.11 Å². The first-order chi connectivity index (χ1) is 8.20. The average molecular weight is 255 g/mol. The van der Waals surface area contributed by atoms with Crippen molar-refractivity contribution in [2.24, 2.45) is 0 Å². The number of hydrogen-bond acceptors (Lipinski definition) is 3. The molecule has 1 atom stereocenters. The van der Waals surface area contributed by atoms with Crippen LogP contribution in [0.25, 0.3) is 0 Å². The predicted octanol–water partition coefficient (Wildman–Crippen LogP) is 1.20. The lowest BCUT2D eigenvalue weighted by Gasteiger charge is -2.21. The van der Waals surface area contributed by atoms with E-state index in [1.54, 1.807) is 0 Å². The summed E-state index contributed by atoms with van der Waals surface area (Å²) in [6.07, 6.45) is 1.72. The molecule has 1 aliphatic rings. The van der Waals surface area contributed by atoms with Crippen LogP contribution in [0, 0.1) is 0 Å². The van der Waals surface area contributed by atoms with Crippen molar-refractivity contribution in [3.8, 4) is 0 Å². The van der Waals surface area contributed by atoms with Crippen LogP contribution in [0.2, 0.25) is 5.02 Å². The van der Waals surface area contributed by atoms with Crippen molar-refractivity contribution in [1.29, 1.82) is 0 Å². The Balaban J connectivity index is 1.71. The molecule has 3 nitrogen and oxygen atoms in total. The van der Waals surface area contributed by atoms with Crippen molar-refractivity contribution < 1.29 is 5.11 Å². The summed E-state index contributed by atoms with van der Waals surface area (Å²) in [7, 11) is 0. The summed E-state index contributed by atoms with van der Waals surface area (Å²) in [5.41, 5.74) is 0.582. The van der Waals surface area contributed by atoms with Crippen molar-refractivity contribution in [3.63, 3.8) is 0 Å². The van der Waals surface area contributed by atoms with Crippen molar-refractivity contribution in [2.75, 3.05) is 26.2 Å². The van der Waals surface area contributed by atoms with Gasteiger partial charge in [-0.2, -0.15) is 0 Å². The molecule has 3 N–H and O–H groups in total. The van der Waals surface area contributed by atoms with E-state index in [1.807, 2.05) is 24.3 Å². The maximum Gasteiger partial charge on any atom is 0.0907 e. The third kappa shape index (κ3) is 3.68. The van der Waals surface area contributed by atoms with E-state index in [2.05, 4.69) is 10.6 Å². The molecule has 1 heterocycles. The first-order valence-electron chi connectivity index (χ1n) is 6.07. The average Bonchev–Trinajstić information content (AvgIpc) is 2.74. The second kappa shape index (κ2) is 5.83. The fourth-order valence-corrected chi connectivity index (χ4v) is 2.36. The van der Waals surface area contributed by atoms with Crippen LogP contribution in [0.15, 0.2) is 24.3 Å². The van der Waals surface area contributed by atoms with Gasteiger partial charge in [-0.1, -0.05) is 29.8 Å². The zero-order valence-corrected chi connectivity index (χ0v) is 10.6. The Morgan fingerprint density at radius 1 is 1.41 bits per heavy atom. The van der Waals surface area contributed by atoms with Crippen LogP contribution in [-0.2, 0) is 6.42 Å². The van der Waals surface area contributed by atoms with Crippen molar-refractivity contribution >= 4 is 11.6 Å². The lowest BCUT2D eigenvalue weighted by Crippen LogP contribution is -2.42. The smallest absolute Gasteiger partial charge is 0.0907 e. The van der Waals surface area contributed by atoms with Crippen molar-refractivity contribution in [2.45, 2.75) is 18.4 Å². The zero-order valence-electron chi connectivity index (χ0n) is 9.88. The maximum atomic E-state index is 10.1. The van der Waals surface area contributed by atoms with Gasteiger partial charge in [0, 0.05) is 18.1 Å². The third-order valence-corrected chi connectivity index (χ3v) is 3.57. The van der Waals surface area contributed by atoms with Crippen molar-refractivity contribution in [3.05, 3.63) is 34.9 Å². The predicted molar refractivity (Wildman–Crippen MR) is 70.5 cm³/mol. The summed E-state index contributed by atoms with van der Waals surface area (Å²) in [6, 6.07) is 7.88. The normalized spacial score (nSPS) is 24.1. The standard InChI is InChI=1S/C13H19ClN2O/c14-12-4-2-1-3-11(12)5-7-15-9-13(17)6-8-16-10-13/h1-4,15-17H,5-10H2. The Morgan fingerprint density at radius 2 is 2.24 bits per heavy atom. The zero-order chi connectivity index (χ0) is 12.1. The largest absolute Gasteiger partial charge is 0.387 e. The molecule has 17 heavy (non-hydrogen) atoms. The second-order valence-electron chi connectivity index (χ2n) is 4.67. The molecule has 0 aromatic heterocycles. The fourth-order valence-electron chi connectivity index (χ4n) is 2.13. The SMILES string of the molecule is OC1(CNCCc2ccccc2Cl)CCNC1. The number of rotatable bonds is 5. The lowest BCUT2D eigenvalue weighted by atomic mass is 10.0. The molecule has 0 amide bonds. The summed E-state index contributed by atoms with van der Waals surface area (Å²) in [5, 5.41) is 17.4. The molecule has 1 aromatic carbocycles. The van der Waals surface area contributed by atoms with Gasteiger partial charge in [0.05, 0.1) is 5.60 Å². The monoisotopic (exact) mass is 254 g/mol. The number of nitrogens with one attached hydrogen (secondary N) is 2. The minimum atomic E-state index is -0.569. The van der Waals surface area contributed by atoms with Crippen LogP contribution in [-0.4, -0.2) is 36.9 Å². The summed E-state index contributed by atoms with van der Waals surface area (Å²) in [4.78, 5) is 0. The van der Waals surface area contributed by atoms with E-state index in [0.717, 1.165) is 36.5 Å². The number of hydrogen-bond donors (Lipinski definition) is 3. The molecule has 0 aliphatic carbocycles. The molecule has 2 rings (SSSR count). The summed E-state index contributed by atoms with van der Waals surface area (Å²) in [6.45, 7) is 3.07. The second-order valence-corrected chi connectivity index (χ2v) is 5.08. The van der Waals surface area contributed by atoms with Crippen molar-refractivity contribution in [1.82, 2.24) is 10.6 Å².